The van der Waals surface area contributed by atoms with E-state index in [2.05, 4.69) is 58.8 Å². The second kappa shape index (κ2) is 4.23. The highest BCUT2D eigenvalue weighted by Gasteiger charge is 2.28. The maximum Gasteiger partial charge on any atom is 0.0971 e. The van der Waals surface area contributed by atoms with Crippen molar-refractivity contribution in [2.75, 3.05) is 6.54 Å². The van der Waals surface area contributed by atoms with Gasteiger partial charge in [-0.05, 0) is 28.7 Å². The normalized spacial score (nSPS) is 16.9. The minimum Gasteiger partial charge on any atom is -0.363 e. The van der Waals surface area contributed by atoms with E-state index in [1.807, 2.05) is 0 Å². The predicted octanol–water partition coefficient (Wildman–Crippen LogP) is 3.54. The van der Waals surface area contributed by atoms with Crippen LogP contribution < -0.4 is 5.32 Å². The number of aliphatic imine (C=N–C) groups is 1. The van der Waals surface area contributed by atoms with Gasteiger partial charge >= 0.3 is 0 Å². The lowest BCUT2D eigenvalue weighted by molar-refractivity contribution is 0.772. The number of hydrogen-bond donors (Lipinski definition) is 1. The van der Waals surface area contributed by atoms with Gasteiger partial charge in [-0.1, -0.05) is 48.5 Å². The van der Waals surface area contributed by atoms with E-state index < -0.39 is 0 Å². The quantitative estimate of drug-likeness (QED) is 0.820. The van der Waals surface area contributed by atoms with Crippen LogP contribution in [-0.2, 0) is 0 Å². The molecule has 2 aromatic carbocycles. The highest BCUT2D eigenvalue weighted by molar-refractivity contribution is 5.87. The van der Waals surface area contributed by atoms with Crippen LogP contribution in [0, 0.1) is 0 Å². The number of fused-ring (bicyclic) bond motifs is 3. The first-order valence-electron chi connectivity index (χ1n) is 6.91. The Kier molecular flexibility index (Phi) is 2.41. The molecule has 0 bridgehead atoms. The van der Waals surface area contributed by atoms with Crippen molar-refractivity contribution in [1.82, 2.24) is 5.32 Å². The molecule has 0 unspecified atom stereocenters. The van der Waals surface area contributed by atoms with Crippen molar-refractivity contribution in [3.05, 3.63) is 59.7 Å². The summed E-state index contributed by atoms with van der Waals surface area (Å²) in [6.07, 6.45) is 2.26. The second-order valence-corrected chi connectivity index (χ2v) is 5.18. The fourth-order valence-corrected chi connectivity index (χ4v) is 3.14. The van der Waals surface area contributed by atoms with Crippen LogP contribution in [0.3, 0.4) is 0 Å². The number of nitrogens with zero attached hydrogens (tertiary/aromatic N) is 1. The third-order valence-electron chi connectivity index (χ3n) is 4.02. The zero-order valence-electron chi connectivity index (χ0n) is 10.8. The van der Waals surface area contributed by atoms with Gasteiger partial charge in [0.1, 0.15) is 0 Å². The lowest BCUT2D eigenvalue weighted by atomic mass is 10.1. The van der Waals surface area contributed by atoms with Gasteiger partial charge < -0.3 is 5.32 Å². The maximum absolute atomic E-state index is 4.55. The van der Waals surface area contributed by atoms with Crippen molar-refractivity contribution in [3.8, 4) is 11.1 Å². The highest BCUT2D eigenvalue weighted by Crippen LogP contribution is 2.43. The van der Waals surface area contributed by atoms with Crippen molar-refractivity contribution in [1.29, 1.82) is 0 Å². The number of hydrogen-bond acceptors (Lipinski definition) is 2. The molecule has 0 saturated heterocycles. The molecule has 2 nitrogen and oxygen atoms in total. The molecule has 19 heavy (non-hydrogen) atoms. The lowest BCUT2D eigenvalue weighted by Gasteiger charge is -2.16. The third-order valence-corrected chi connectivity index (χ3v) is 4.02. The first-order chi connectivity index (χ1) is 9.43. The molecule has 1 heterocycles. The zero-order chi connectivity index (χ0) is 12.7. The van der Waals surface area contributed by atoms with E-state index in [9.17, 15) is 0 Å². The molecule has 0 fully saturated rings. The molecule has 0 radical (unpaired) electrons. The van der Waals surface area contributed by atoms with Crippen LogP contribution in [-0.4, -0.2) is 12.4 Å². The highest BCUT2D eigenvalue weighted by atomic mass is 15.0. The van der Waals surface area contributed by atoms with Gasteiger partial charge in [-0.25, -0.2) is 0 Å². The minimum atomic E-state index is 0.268. The first kappa shape index (κ1) is 10.8. The van der Waals surface area contributed by atoms with E-state index in [0.29, 0.717) is 0 Å². The smallest absolute Gasteiger partial charge is 0.0971 e. The number of benzene rings is 2. The van der Waals surface area contributed by atoms with E-state index in [-0.39, 0.29) is 6.04 Å². The average Bonchev–Trinajstić information content (AvgIpc) is 3.08. The SMILES string of the molecule is c1ccc2c(c1)-c1ccccc1C2NC1=NCCC1. The standard InChI is InChI=1S/C17H16N2/c1-3-8-14-12(6-1)13-7-2-4-9-15(13)17(14)19-16-10-5-11-18-16/h1-4,6-9,17H,5,10-11H2,(H,18,19). The summed E-state index contributed by atoms with van der Waals surface area (Å²) in [4.78, 5) is 4.55. The average molecular weight is 248 g/mol. The van der Waals surface area contributed by atoms with Gasteiger partial charge in [0.15, 0.2) is 0 Å². The molecular formula is C17H16N2. The van der Waals surface area contributed by atoms with Crippen molar-refractivity contribution in [3.63, 3.8) is 0 Å². The Bertz CT molecular complexity index is 612. The Hall–Kier alpha value is -2.09. The van der Waals surface area contributed by atoms with Crippen molar-refractivity contribution >= 4 is 5.84 Å². The molecule has 2 aliphatic rings. The Labute approximate surface area is 113 Å². The number of rotatable bonds is 1. The first-order valence-corrected chi connectivity index (χ1v) is 6.91. The Balaban J connectivity index is 1.81. The van der Waals surface area contributed by atoms with E-state index in [1.165, 1.54) is 28.7 Å². The monoisotopic (exact) mass is 248 g/mol. The van der Waals surface area contributed by atoms with Gasteiger partial charge in [-0.2, -0.15) is 0 Å². The lowest BCUT2D eigenvalue weighted by Crippen LogP contribution is -2.26. The molecular weight excluding hydrogens is 232 g/mol. The van der Waals surface area contributed by atoms with E-state index in [0.717, 1.165) is 18.8 Å². The predicted molar refractivity (Wildman–Crippen MR) is 78.4 cm³/mol. The fourth-order valence-electron chi connectivity index (χ4n) is 3.14. The number of nitrogens with one attached hydrogen (secondary N) is 1. The van der Waals surface area contributed by atoms with Gasteiger partial charge in [0, 0.05) is 13.0 Å². The molecule has 0 saturated carbocycles. The Morgan fingerprint density at radius 1 is 0.895 bits per heavy atom. The molecule has 1 aliphatic heterocycles. The summed E-state index contributed by atoms with van der Waals surface area (Å²) >= 11 is 0. The van der Waals surface area contributed by atoms with Crippen LogP contribution in [0.2, 0.25) is 0 Å². The molecule has 1 aliphatic carbocycles. The summed E-state index contributed by atoms with van der Waals surface area (Å²) in [6, 6.07) is 17.6. The molecule has 4 rings (SSSR count). The summed E-state index contributed by atoms with van der Waals surface area (Å²) in [7, 11) is 0. The van der Waals surface area contributed by atoms with Gasteiger partial charge in [0.2, 0.25) is 0 Å². The van der Waals surface area contributed by atoms with Crippen LogP contribution >= 0.6 is 0 Å². The maximum atomic E-state index is 4.55. The molecule has 0 spiro atoms. The molecule has 94 valence electrons. The van der Waals surface area contributed by atoms with Gasteiger partial charge in [-0.3, -0.25) is 4.99 Å². The van der Waals surface area contributed by atoms with Crippen molar-refractivity contribution in [2.24, 2.45) is 4.99 Å². The molecule has 2 heteroatoms. The summed E-state index contributed by atoms with van der Waals surface area (Å²) in [5.41, 5.74) is 5.46. The topological polar surface area (TPSA) is 24.4 Å². The molecule has 1 N–H and O–H groups in total. The molecule has 0 amide bonds. The van der Waals surface area contributed by atoms with Crippen LogP contribution in [0.4, 0.5) is 0 Å². The molecule has 2 aromatic rings. The summed E-state index contributed by atoms with van der Waals surface area (Å²) in [5.74, 6) is 1.16. The molecule has 0 atom stereocenters. The molecule has 0 aromatic heterocycles. The largest absolute Gasteiger partial charge is 0.363 e. The minimum absolute atomic E-state index is 0.268. The third kappa shape index (κ3) is 1.67. The van der Waals surface area contributed by atoms with E-state index >= 15 is 0 Å². The van der Waals surface area contributed by atoms with Gasteiger partial charge in [0.05, 0.1) is 11.9 Å². The Morgan fingerprint density at radius 2 is 1.53 bits per heavy atom. The second-order valence-electron chi connectivity index (χ2n) is 5.18. The van der Waals surface area contributed by atoms with Crippen LogP contribution in [0.5, 0.6) is 0 Å². The summed E-state index contributed by atoms with van der Waals surface area (Å²) < 4.78 is 0. The van der Waals surface area contributed by atoms with Gasteiger partial charge in [-0.15, -0.1) is 0 Å². The van der Waals surface area contributed by atoms with E-state index in [4.69, 9.17) is 0 Å². The van der Waals surface area contributed by atoms with Crippen LogP contribution in [0.15, 0.2) is 53.5 Å². The summed E-state index contributed by atoms with van der Waals surface area (Å²) in [5, 5.41) is 3.64. The number of amidine groups is 1. The fraction of sp³-hybridized carbons (Fsp3) is 0.235. The van der Waals surface area contributed by atoms with Crippen molar-refractivity contribution < 1.29 is 0 Å². The Morgan fingerprint density at radius 3 is 2.11 bits per heavy atom. The van der Waals surface area contributed by atoms with Gasteiger partial charge in [0.25, 0.3) is 0 Å². The zero-order valence-corrected chi connectivity index (χ0v) is 10.8. The van der Waals surface area contributed by atoms with Crippen LogP contribution in [0.1, 0.15) is 30.0 Å². The van der Waals surface area contributed by atoms with E-state index in [1.54, 1.807) is 0 Å². The van der Waals surface area contributed by atoms with Crippen molar-refractivity contribution in [2.45, 2.75) is 18.9 Å². The van der Waals surface area contributed by atoms with Crippen LogP contribution in [0.25, 0.3) is 11.1 Å². The summed E-state index contributed by atoms with van der Waals surface area (Å²) in [6.45, 7) is 0.971.